The van der Waals surface area contributed by atoms with Crippen LogP contribution in [0.3, 0.4) is 0 Å². The zero-order chi connectivity index (χ0) is 17.3. The van der Waals surface area contributed by atoms with E-state index in [4.69, 9.17) is 17.0 Å². The fraction of sp³-hybridized carbons (Fsp3) is 0.471. The van der Waals surface area contributed by atoms with Crippen molar-refractivity contribution in [2.24, 2.45) is 0 Å². The van der Waals surface area contributed by atoms with Crippen molar-refractivity contribution in [1.82, 2.24) is 19.7 Å². The average molecular weight is 346 g/mol. The van der Waals surface area contributed by atoms with Gasteiger partial charge in [0.1, 0.15) is 6.54 Å². The normalized spacial score (nSPS) is 21.0. The largest absolute Gasteiger partial charge is 0.372 e. The van der Waals surface area contributed by atoms with Gasteiger partial charge in [-0.1, -0.05) is 23.8 Å². The van der Waals surface area contributed by atoms with E-state index in [1.165, 1.54) is 0 Å². The zero-order valence-corrected chi connectivity index (χ0v) is 15.0. The van der Waals surface area contributed by atoms with Crippen LogP contribution in [-0.2, 0) is 16.1 Å². The average Bonchev–Trinajstić information content (AvgIpc) is 2.87. The van der Waals surface area contributed by atoms with Gasteiger partial charge in [-0.05, 0) is 39.1 Å². The number of nitrogens with one attached hydrogen (secondary N) is 1. The van der Waals surface area contributed by atoms with E-state index in [2.05, 4.69) is 10.2 Å². The Kier molecular flexibility index (Phi) is 4.82. The van der Waals surface area contributed by atoms with Crippen LogP contribution in [0.4, 0.5) is 0 Å². The third kappa shape index (κ3) is 3.57. The highest BCUT2D eigenvalue weighted by Gasteiger charge is 2.26. The van der Waals surface area contributed by atoms with Gasteiger partial charge < -0.3 is 9.64 Å². The lowest BCUT2D eigenvalue weighted by Crippen LogP contribution is -2.49. The second-order valence-electron chi connectivity index (χ2n) is 6.36. The van der Waals surface area contributed by atoms with E-state index in [-0.39, 0.29) is 24.7 Å². The molecule has 1 aromatic carbocycles. The highest BCUT2D eigenvalue weighted by molar-refractivity contribution is 7.71. The van der Waals surface area contributed by atoms with Crippen LogP contribution in [0.15, 0.2) is 24.3 Å². The molecule has 0 bridgehead atoms. The Balaban J connectivity index is 1.84. The molecule has 128 valence electrons. The lowest BCUT2D eigenvalue weighted by Gasteiger charge is -2.35. The number of aromatic amines is 1. The Morgan fingerprint density at radius 2 is 2.08 bits per heavy atom. The first kappa shape index (κ1) is 16.9. The van der Waals surface area contributed by atoms with Gasteiger partial charge in [-0.2, -0.15) is 5.10 Å². The van der Waals surface area contributed by atoms with Crippen molar-refractivity contribution in [2.75, 3.05) is 13.1 Å². The minimum absolute atomic E-state index is 0.0309. The van der Waals surface area contributed by atoms with Gasteiger partial charge >= 0.3 is 0 Å². The second-order valence-corrected chi connectivity index (χ2v) is 6.75. The van der Waals surface area contributed by atoms with Gasteiger partial charge in [0.05, 0.1) is 12.2 Å². The lowest BCUT2D eigenvalue weighted by molar-refractivity contribution is -0.143. The predicted octanol–water partition coefficient (Wildman–Crippen LogP) is 2.55. The Hall–Kier alpha value is -1.99. The third-order valence-electron chi connectivity index (χ3n) is 4.10. The number of ether oxygens (including phenoxy) is 1. The summed E-state index contributed by atoms with van der Waals surface area (Å²) in [5, 5.41) is 7.11. The molecule has 2 unspecified atom stereocenters. The number of amides is 1. The molecule has 1 N–H and O–H groups in total. The molecule has 1 saturated heterocycles. The molecular formula is C17H22N4O2S. The van der Waals surface area contributed by atoms with Gasteiger partial charge in [0.15, 0.2) is 10.6 Å². The van der Waals surface area contributed by atoms with E-state index < -0.39 is 0 Å². The van der Waals surface area contributed by atoms with Crippen LogP contribution in [-0.4, -0.2) is 50.9 Å². The van der Waals surface area contributed by atoms with Crippen molar-refractivity contribution < 1.29 is 9.53 Å². The van der Waals surface area contributed by atoms with E-state index in [1.54, 1.807) is 4.57 Å². The van der Waals surface area contributed by atoms with E-state index in [1.807, 2.05) is 49.9 Å². The van der Waals surface area contributed by atoms with E-state index >= 15 is 0 Å². The second kappa shape index (κ2) is 6.86. The third-order valence-corrected chi connectivity index (χ3v) is 4.41. The summed E-state index contributed by atoms with van der Waals surface area (Å²) in [4.78, 5) is 14.6. The van der Waals surface area contributed by atoms with Gasteiger partial charge in [-0.3, -0.25) is 14.5 Å². The van der Waals surface area contributed by atoms with Crippen molar-refractivity contribution in [3.05, 3.63) is 34.6 Å². The first-order valence-corrected chi connectivity index (χ1v) is 8.50. The van der Waals surface area contributed by atoms with Crippen molar-refractivity contribution >= 4 is 18.1 Å². The molecule has 2 aromatic rings. The van der Waals surface area contributed by atoms with Gasteiger partial charge in [-0.25, -0.2) is 0 Å². The number of aryl methyl sites for hydroxylation is 1. The minimum atomic E-state index is 0.0309. The molecule has 1 fully saturated rings. The van der Waals surface area contributed by atoms with E-state index in [9.17, 15) is 4.79 Å². The number of carbonyl (C=O) groups is 1. The molecule has 24 heavy (non-hydrogen) atoms. The van der Waals surface area contributed by atoms with Crippen LogP contribution in [0.25, 0.3) is 11.4 Å². The maximum Gasteiger partial charge on any atom is 0.242 e. The summed E-state index contributed by atoms with van der Waals surface area (Å²) in [6.45, 7) is 7.38. The summed E-state index contributed by atoms with van der Waals surface area (Å²) in [7, 11) is 0. The number of hydrogen-bond acceptors (Lipinski definition) is 4. The molecule has 2 heterocycles. The first-order chi connectivity index (χ1) is 11.4. The van der Waals surface area contributed by atoms with Crippen LogP contribution in [0.5, 0.6) is 0 Å². The topological polar surface area (TPSA) is 63.2 Å². The smallest absolute Gasteiger partial charge is 0.242 e. The highest BCUT2D eigenvalue weighted by atomic mass is 32.1. The molecular weight excluding hydrogens is 324 g/mol. The van der Waals surface area contributed by atoms with Crippen LogP contribution < -0.4 is 0 Å². The Bertz CT molecular complexity index is 788. The number of morpholine rings is 1. The van der Waals surface area contributed by atoms with Crippen LogP contribution in [0, 0.1) is 11.7 Å². The predicted molar refractivity (Wildman–Crippen MR) is 94.2 cm³/mol. The summed E-state index contributed by atoms with van der Waals surface area (Å²) < 4.78 is 7.91. The number of hydrogen-bond donors (Lipinski definition) is 1. The number of aromatic nitrogens is 3. The van der Waals surface area contributed by atoms with E-state index in [0.717, 1.165) is 11.1 Å². The molecule has 0 spiro atoms. The monoisotopic (exact) mass is 346 g/mol. The molecule has 7 heteroatoms. The number of nitrogens with zero attached hydrogens (tertiary/aromatic N) is 3. The molecule has 1 amide bonds. The number of carbonyl (C=O) groups excluding carboxylic acids is 1. The van der Waals surface area contributed by atoms with Gasteiger partial charge in [0.2, 0.25) is 5.91 Å². The van der Waals surface area contributed by atoms with Crippen molar-refractivity contribution in [2.45, 2.75) is 39.5 Å². The molecule has 1 aliphatic heterocycles. The molecule has 3 rings (SSSR count). The number of rotatable bonds is 3. The molecule has 1 aromatic heterocycles. The summed E-state index contributed by atoms with van der Waals surface area (Å²) in [5.74, 6) is 0.717. The van der Waals surface area contributed by atoms with Crippen LogP contribution >= 0.6 is 12.2 Å². The van der Waals surface area contributed by atoms with E-state index in [0.29, 0.717) is 23.7 Å². The quantitative estimate of drug-likeness (QED) is 0.868. The summed E-state index contributed by atoms with van der Waals surface area (Å²) >= 11 is 5.32. The lowest BCUT2D eigenvalue weighted by atomic mass is 10.1. The van der Waals surface area contributed by atoms with Crippen molar-refractivity contribution in [3.8, 4) is 11.4 Å². The molecule has 1 aliphatic rings. The van der Waals surface area contributed by atoms with Crippen LogP contribution in [0.2, 0.25) is 0 Å². The van der Waals surface area contributed by atoms with Crippen LogP contribution in [0.1, 0.15) is 19.4 Å². The standard InChI is InChI=1S/C17H22N4O2S/c1-11-5-4-6-14(7-11)16-18-19-17(24)21(16)10-15(22)20-8-12(2)23-13(3)9-20/h4-7,12-13H,8-10H2,1-3H3,(H,19,24). The maximum atomic E-state index is 12.7. The number of benzene rings is 1. The van der Waals surface area contributed by atoms with Crippen molar-refractivity contribution in [3.63, 3.8) is 0 Å². The minimum Gasteiger partial charge on any atom is -0.372 e. The summed E-state index contributed by atoms with van der Waals surface area (Å²) in [6, 6.07) is 8.00. The molecule has 2 atom stereocenters. The fourth-order valence-corrected chi connectivity index (χ4v) is 3.28. The molecule has 0 aliphatic carbocycles. The van der Waals surface area contributed by atoms with Gasteiger partial charge in [-0.15, -0.1) is 0 Å². The van der Waals surface area contributed by atoms with Crippen molar-refractivity contribution in [1.29, 1.82) is 0 Å². The van der Waals surface area contributed by atoms with Gasteiger partial charge in [0, 0.05) is 18.7 Å². The maximum absolute atomic E-state index is 12.7. The summed E-state index contributed by atoms with van der Waals surface area (Å²) in [6.07, 6.45) is 0.0949. The number of H-pyrrole nitrogens is 1. The molecule has 6 nitrogen and oxygen atoms in total. The summed E-state index contributed by atoms with van der Waals surface area (Å²) in [5.41, 5.74) is 2.08. The zero-order valence-electron chi connectivity index (χ0n) is 14.2. The Labute approximate surface area is 146 Å². The Morgan fingerprint density at radius 3 is 2.75 bits per heavy atom. The SMILES string of the molecule is Cc1cccc(-c2n[nH]c(=S)n2CC(=O)N2CC(C)OC(C)C2)c1. The fourth-order valence-electron chi connectivity index (χ4n) is 3.09. The highest BCUT2D eigenvalue weighted by Crippen LogP contribution is 2.19. The molecule has 0 radical (unpaired) electrons. The first-order valence-electron chi connectivity index (χ1n) is 8.09. The Morgan fingerprint density at radius 1 is 1.38 bits per heavy atom. The molecule has 0 saturated carbocycles. The van der Waals surface area contributed by atoms with Gasteiger partial charge in [0.25, 0.3) is 0 Å².